The zero-order chi connectivity index (χ0) is 14.7. The van der Waals surface area contributed by atoms with E-state index in [4.69, 9.17) is 4.42 Å². The van der Waals surface area contributed by atoms with Crippen molar-refractivity contribution in [1.29, 1.82) is 0 Å². The number of nitrogens with one attached hydrogen (secondary N) is 1. The molecule has 0 atom stereocenters. The highest BCUT2D eigenvalue weighted by atomic mass is 16.3. The third-order valence-electron chi connectivity index (χ3n) is 3.33. The van der Waals surface area contributed by atoms with Gasteiger partial charge in [0.25, 0.3) is 0 Å². The Morgan fingerprint density at radius 3 is 2.71 bits per heavy atom. The van der Waals surface area contributed by atoms with Gasteiger partial charge >= 0.3 is 0 Å². The lowest BCUT2D eigenvalue weighted by molar-refractivity contribution is 0.476. The van der Waals surface area contributed by atoms with E-state index in [2.05, 4.69) is 33.8 Å². The number of aromatic nitrogens is 4. The van der Waals surface area contributed by atoms with Crippen molar-refractivity contribution in [2.45, 2.75) is 26.8 Å². The minimum atomic E-state index is 0.670. The van der Waals surface area contributed by atoms with E-state index < -0.39 is 0 Å². The first kappa shape index (κ1) is 13.4. The predicted molar refractivity (Wildman–Crippen MR) is 79.3 cm³/mol. The minimum absolute atomic E-state index is 0.670. The number of anilines is 1. The molecule has 0 amide bonds. The summed E-state index contributed by atoms with van der Waals surface area (Å²) in [5.41, 5.74) is 3.11. The largest absolute Gasteiger partial charge is 0.464 e. The fourth-order valence-corrected chi connectivity index (χ4v) is 2.19. The molecule has 0 aliphatic carbocycles. The van der Waals surface area contributed by atoms with Gasteiger partial charge in [-0.2, -0.15) is 0 Å². The van der Waals surface area contributed by atoms with Crippen LogP contribution in [0.1, 0.15) is 24.0 Å². The molecular formula is C15H17N5O. The average Bonchev–Trinajstić information content (AvgIpc) is 3.16. The van der Waals surface area contributed by atoms with Crippen LogP contribution in [0, 0.1) is 6.92 Å². The standard InChI is InChI=1S/C15H17N5O/c1-3-13-5-6-14(21-13)9-16-12-4-7-15(11(2)8-12)20-10-17-18-19-20/h4-8,10,16H,3,9H2,1-2H3. The van der Waals surface area contributed by atoms with Gasteiger partial charge < -0.3 is 9.73 Å². The van der Waals surface area contributed by atoms with Gasteiger partial charge in [0.1, 0.15) is 17.8 Å². The molecule has 0 aliphatic rings. The maximum absolute atomic E-state index is 5.67. The van der Waals surface area contributed by atoms with Gasteiger partial charge in [-0.15, -0.1) is 5.10 Å². The number of hydrogen-bond donors (Lipinski definition) is 1. The summed E-state index contributed by atoms with van der Waals surface area (Å²) in [6.07, 6.45) is 2.50. The molecule has 3 aromatic rings. The van der Waals surface area contributed by atoms with E-state index >= 15 is 0 Å². The molecule has 3 rings (SSSR count). The maximum atomic E-state index is 5.67. The van der Waals surface area contributed by atoms with Crippen LogP contribution >= 0.6 is 0 Å². The van der Waals surface area contributed by atoms with Crippen molar-refractivity contribution in [3.63, 3.8) is 0 Å². The van der Waals surface area contributed by atoms with Crippen LogP contribution < -0.4 is 5.32 Å². The van der Waals surface area contributed by atoms with Gasteiger partial charge in [0.2, 0.25) is 0 Å². The van der Waals surface area contributed by atoms with Gasteiger partial charge in [-0.05, 0) is 53.2 Å². The van der Waals surface area contributed by atoms with Crippen LogP contribution in [0.15, 0.2) is 41.1 Å². The zero-order valence-electron chi connectivity index (χ0n) is 12.1. The summed E-state index contributed by atoms with van der Waals surface area (Å²) in [6.45, 7) is 4.78. The van der Waals surface area contributed by atoms with Crippen LogP contribution in [0.2, 0.25) is 0 Å². The van der Waals surface area contributed by atoms with Crippen molar-refractivity contribution in [3.8, 4) is 5.69 Å². The topological polar surface area (TPSA) is 68.8 Å². The lowest BCUT2D eigenvalue weighted by atomic mass is 10.2. The van der Waals surface area contributed by atoms with Gasteiger partial charge in [0.15, 0.2) is 0 Å². The third kappa shape index (κ3) is 2.94. The van der Waals surface area contributed by atoms with Crippen molar-refractivity contribution in [1.82, 2.24) is 20.2 Å². The molecule has 6 heteroatoms. The lowest BCUT2D eigenvalue weighted by Crippen LogP contribution is -2.01. The highest BCUT2D eigenvalue weighted by Crippen LogP contribution is 2.19. The lowest BCUT2D eigenvalue weighted by Gasteiger charge is -2.09. The van der Waals surface area contributed by atoms with Crippen molar-refractivity contribution in [3.05, 3.63) is 53.7 Å². The maximum Gasteiger partial charge on any atom is 0.143 e. The van der Waals surface area contributed by atoms with Crippen LogP contribution in [-0.2, 0) is 13.0 Å². The number of benzene rings is 1. The number of furan rings is 1. The number of tetrazole rings is 1. The zero-order valence-corrected chi connectivity index (χ0v) is 12.1. The molecule has 21 heavy (non-hydrogen) atoms. The van der Waals surface area contributed by atoms with Crippen LogP contribution in [0.5, 0.6) is 0 Å². The number of rotatable bonds is 5. The summed E-state index contributed by atoms with van der Waals surface area (Å²) >= 11 is 0. The second-order valence-corrected chi connectivity index (χ2v) is 4.83. The Bertz CT molecular complexity index is 718. The van der Waals surface area contributed by atoms with Gasteiger partial charge in [0.05, 0.1) is 12.2 Å². The monoisotopic (exact) mass is 283 g/mol. The highest BCUT2D eigenvalue weighted by Gasteiger charge is 2.05. The average molecular weight is 283 g/mol. The molecule has 0 fully saturated rings. The first-order valence-corrected chi connectivity index (χ1v) is 6.91. The molecular weight excluding hydrogens is 266 g/mol. The number of hydrogen-bond acceptors (Lipinski definition) is 5. The van der Waals surface area contributed by atoms with Crippen molar-refractivity contribution < 1.29 is 4.42 Å². The molecule has 1 aromatic carbocycles. The van der Waals surface area contributed by atoms with Crippen LogP contribution in [0.4, 0.5) is 5.69 Å². The molecule has 108 valence electrons. The molecule has 1 N–H and O–H groups in total. The predicted octanol–water partition coefficient (Wildman–Crippen LogP) is 2.74. The van der Waals surface area contributed by atoms with E-state index in [0.717, 1.165) is 34.9 Å². The summed E-state index contributed by atoms with van der Waals surface area (Å²) in [5, 5.41) is 14.6. The van der Waals surface area contributed by atoms with Crippen molar-refractivity contribution in [2.75, 3.05) is 5.32 Å². The molecule has 0 bridgehead atoms. The first-order valence-electron chi connectivity index (χ1n) is 6.91. The fraction of sp³-hybridized carbons (Fsp3) is 0.267. The second-order valence-electron chi connectivity index (χ2n) is 4.83. The van der Waals surface area contributed by atoms with Gasteiger partial charge in [-0.3, -0.25) is 0 Å². The van der Waals surface area contributed by atoms with Crippen molar-refractivity contribution in [2.24, 2.45) is 0 Å². The van der Waals surface area contributed by atoms with E-state index in [1.54, 1.807) is 11.0 Å². The summed E-state index contributed by atoms with van der Waals surface area (Å²) in [4.78, 5) is 0. The van der Waals surface area contributed by atoms with E-state index in [9.17, 15) is 0 Å². The quantitative estimate of drug-likeness (QED) is 0.779. The summed E-state index contributed by atoms with van der Waals surface area (Å²) in [6, 6.07) is 10.1. The van der Waals surface area contributed by atoms with Gasteiger partial charge in [-0.25, -0.2) is 4.68 Å². The summed E-state index contributed by atoms with van der Waals surface area (Å²) in [7, 11) is 0. The summed E-state index contributed by atoms with van der Waals surface area (Å²) < 4.78 is 7.33. The molecule has 2 aromatic heterocycles. The third-order valence-corrected chi connectivity index (χ3v) is 3.33. The van der Waals surface area contributed by atoms with Gasteiger partial charge in [0, 0.05) is 12.1 Å². The number of aryl methyl sites for hydroxylation is 2. The van der Waals surface area contributed by atoms with Crippen molar-refractivity contribution >= 4 is 5.69 Å². The Morgan fingerprint density at radius 1 is 1.19 bits per heavy atom. The Hall–Kier alpha value is -2.63. The molecule has 0 unspecified atom stereocenters. The Kier molecular flexibility index (Phi) is 3.68. The van der Waals surface area contributed by atoms with Crippen LogP contribution in [-0.4, -0.2) is 20.2 Å². The number of nitrogens with zero attached hydrogens (tertiary/aromatic N) is 4. The Balaban J connectivity index is 1.70. The van der Waals surface area contributed by atoms with E-state index in [-0.39, 0.29) is 0 Å². The van der Waals surface area contributed by atoms with Crippen LogP contribution in [0.25, 0.3) is 5.69 Å². The minimum Gasteiger partial charge on any atom is -0.464 e. The first-order chi connectivity index (χ1) is 10.3. The molecule has 2 heterocycles. The molecule has 0 saturated carbocycles. The van der Waals surface area contributed by atoms with E-state index in [1.807, 2.05) is 31.2 Å². The van der Waals surface area contributed by atoms with Gasteiger partial charge in [-0.1, -0.05) is 6.92 Å². The SMILES string of the molecule is CCc1ccc(CNc2ccc(-n3cnnn3)c(C)c2)o1. The smallest absolute Gasteiger partial charge is 0.143 e. The molecule has 0 aliphatic heterocycles. The Morgan fingerprint density at radius 2 is 2.05 bits per heavy atom. The highest BCUT2D eigenvalue weighted by molar-refractivity contribution is 5.53. The fourth-order valence-electron chi connectivity index (χ4n) is 2.19. The summed E-state index contributed by atoms with van der Waals surface area (Å²) in [5.74, 6) is 1.95. The molecule has 6 nitrogen and oxygen atoms in total. The van der Waals surface area contributed by atoms with E-state index in [0.29, 0.717) is 6.54 Å². The molecule has 0 radical (unpaired) electrons. The molecule has 0 spiro atoms. The Labute approximate surface area is 122 Å². The second kappa shape index (κ2) is 5.78. The van der Waals surface area contributed by atoms with E-state index in [1.165, 1.54) is 0 Å². The van der Waals surface area contributed by atoms with Crippen LogP contribution in [0.3, 0.4) is 0 Å². The normalized spacial score (nSPS) is 10.8. The molecule has 0 saturated heterocycles.